The SMILES string of the molecule is CCOc1ccccc1NC1CCCC1. The summed E-state index contributed by atoms with van der Waals surface area (Å²) in [5.41, 5.74) is 1.14. The molecule has 1 aliphatic rings. The number of para-hydroxylation sites is 2. The molecule has 1 fully saturated rings. The van der Waals surface area contributed by atoms with Crippen LogP contribution in [-0.4, -0.2) is 12.6 Å². The minimum absolute atomic E-state index is 0.645. The summed E-state index contributed by atoms with van der Waals surface area (Å²) in [6.45, 7) is 2.75. The molecule has 2 heteroatoms. The lowest BCUT2D eigenvalue weighted by Crippen LogP contribution is -2.15. The van der Waals surface area contributed by atoms with E-state index in [2.05, 4.69) is 17.4 Å². The minimum Gasteiger partial charge on any atom is -0.492 e. The molecular weight excluding hydrogens is 186 g/mol. The normalized spacial score (nSPS) is 16.6. The molecule has 0 aliphatic heterocycles. The summed E-state index contributed by atoms with van der Waals surface area (Å²) in [5, 5.41) is 3.57. The molecule has 2 nitrogen and oxygen atoms in total. The van der Waals surface area contributed by atoms with E-state index < -0.39 is 0 Å². The van der Waals surface area contributed by atoms with E-state index in [0.29, 0.717) is 6.04 Å². The van der Waals surface area contributed by atoms with Gasteiger partial charge >= 0.3 is 0 Å². The van der Waals surface area contributed by atoms with Crippen LogP contribution in [0, 0.1) is 0 Å². The molecule has 1 saturated carbocycles. The fraction of sp³-hybridized carbons (Fsp3) is 0.538. The van der Waals surface area contributed by atoms with E-state index in [1.54, 1.807) is 0 Å². The van der Waals surface area contributed by atoms with Crippen LogP contribution in [0.15, 0.2) is 24.3 Å². The largest absolute Gasteiger partial charge is 0.492 e. The lowest BCUT2D eigenvalue weighted by Gasteiger charge is -2.16. The van der Waals surface area contributed by atoms with Gasteiger partial charge in [-0.05, 0) is 31.9 Å². The first-order valence-electron chi connectivity index (χ1n) is 5.88. The van der Waals surface area contributed by atoms with Crippen LogP contribution < -0.4 is 10.1 Å². The molecule has 1 aromatic carbocycles. The lowest BCUT2D eigenvalue weighted by atomic mass is 10.2. The van der Waals surface area contributed by atoms with E-state index in [1.165, 1.54) is 25.7 Å². The van der Waals surface area contributed by atoms with Gasteiger partial charge in [-0.3, -0.25) is 0 Å². The maximum atomic E-state index is 5.58. The second-order valence-electron chi connectivity index (χ2n) is 4.05. The van der Waals surface area contributed by atoms with Gasteiger partial charge in [0.05, 0.1) is 12.3 Å². The smallest absolute Gasteiger partial charge is 0.142 e. The highest BCUT2D eigenvalue weighted by Gasteiger charge is 2.15. The number of anilines is 1. The van der Waals surface area contributed by atoms with E-state index >= 15 is 0 Å². The molecule has 0 amide bonds. The predicted octanol–water partition coefficient (Wildman–Crippen LogP) is 3.44. The number of hydrogen-bond donors (Lipinski definition) is 1. The van der Waals surface area contributed by atoms with Gasteiger partial charge in [0.25, 0.3) is 0 Å². The first-order chi connectivity index (χ1) is 7.40. The molecule has 1 N–H and O–H groups in total. The Hall–Kier alpha value is -1.18. The lowest BCUT2D eigenvalue weighted by molar-refractivity contribution is 0.341. The Morgan fingerprint density at radius 1 is 1.27 bits per heavy atom. The molecule has 0 spiro atoms. The number of nitrogens with one attached hydrogen (secondary N) is 1. The third-order valence-electron chi connectivity index (χ3n) is 2.90. The highest BCUT2D eigenvalue weighted by atomic mass is 16.5. The number of benzene rings is 1. The van der Waals surface area contributed by atoms with E-state index in [9.17, 15) is 0 Å². The maximum Gasteiger partial charge on any atom is 0.142 e. The Bertz CT molecular complexity index is 305. The van der Waals surface area contributed by atoms with Crippen LogP contribution in [0.4, 0.5) is 5.69 Å². The number of hydrogen-bond acceptors (Lipinski definition) is 2. The van der Waals surface area contributed by atoms with Gasteiger partial charge in [0.2, 0.25) is 0 Å². The molecule has 0 aromatic heterocycles. The zero-order chi connectivity index (χ0) is 10.5. The quantitative estimate of drug-likeness (QED) is 0.813. The van der Waals surface area contributed by atoms with Crippen LogP contribution in [0.5, 0.6) is 5.75 Å². The molecule has 0 atom stereocenters. The van der Waals surface area contributed by atoms with Crippen molar-refractivity contribution in [3.05, 3.63) is 24.3 Å². The van der Waals surface area contributed by atoms with Gasteiger partial charge in [-0.1, -0.05) is 25.0 Å². The standard InChI is InChI=1S/C13H19NO/c1-2-15-13-10-6-5-9-12(13)14-11-7-3-4-8-11/h5-6,9-11,14H,2-4,7-8H2,1H3. The molecule has 0 unspecified atom stereocenters. The Kier molecular flexibility index (Phi) is 3.49. The fourth-order valence-electron chi connectivity index (χ4n) is 2.16. The van der Waals surface area contributed by atoms with E-state index in [-0.39, 0.29) is 0 Å². The van der Waals surface area contributed by atoms with Crippen LogP contribution in [0.1, 0.15) is 32.6 Å². The van der Waals surface area contributed by atoms with Gasteiger partial charge in [-0.2, -0.15) is 0 Å². The van der Waals surface area contributed by atoms with E-state index in [0.717, 1.165) is 18.0 Å². The Morgan fingerprint density at radius 3 is 2.73 bits per heavy atom. The van der Waals surface area contributed by atoms with Gasteiger partial charge in [0.1, 0.15) is 5.75 Å². The van der Waals surface area contributed by atoms with Crippen molar-refractivity contribution in [2.24, 2.45) is 0 Å². The van der Waals surface area contributed by atoms with Crippen LogP contribution in [-0.2, 0) is 0 Å². The van der Waals surface area contributed by atoms with Crippen LogP contribution >= 0.6 is 0 Å². The van der Waals surface area contributed by atoms with Gasteiger partial charge < -0.3 is 10.1 Å². The first-order valence-corrected chi connectivity index (χ1v) is 5.88. The van der Waals surface area contributed by atoms with Crippen LogP contribution in [0.2, 0.25) is 0 Å². The third kappa shape index (κ3) is 2.65. The highest BCUT2D eigenvalue weighted by molar-refractivity contribution is 5.56. The second kappa shape index (κ2) is 5.06. The summed E-state index contributed by atoms with van der Waals surface area (Å²) in [5.74, 6) is 0.979. The second-order valence-corrected chi connectivity index (χ2v) is 4.05. The van der Waals surface area contributed by atoms with Gasteiger partial charge in [-0.25, -0.2) is 0 Å². The summed E-state index contributed by atoms with van der Waals surface area (Å²) >= 11 is 0. The summed E-state index contributed by atoms with van der Waals surface area (Å²) in [4.78, 5) is 0. The molecule has 1 aliphatic carbocycles. The zero-order valence-corrected chi connectivity index (χ0v) is 9.33. The van der Waals surface area contributed by atoms with Gasteiger partial charge in [0, 0.05) is 6.04 Å². The van der Waals surface area contributed by atoms with E-state index in [4.69, 9.17) is 4.74 Å². The van der Waals surface area contributed by atoms with Gasteiger partial charge in [-0.15, -0.1) is 0 Å². The summed E-state index contributed by atoms with van der Waals surface area (Å²) in [6.07, 6.45) is 5.30. The average Bonchev–Trinajstić information content (AvgIpc) is 2.74. The summed E-state index contributed by atoms with van der Waals surface area (Å²) in [7, 11) is 0. The van der Waals surface area contributed by atoms with Crippen molar-refractivity contribution in [1.29, 1.82) is 0 Å². The fourth-order valence-corrected chi connectivity index (χ4v) is 2.16. The molecule has 0 heterocycles. The molecule has 0 bridgehead atoms. The molecular formula is C13H19NO. The minimum atomic E-state index is 0.645. The number of rotatable bonds is 4. The van der Waals surface area contributed by atoms with Crippen LogP contribution in [0.25, 0.3) is 0 Å². The highest BCUT2D eigenvalue weighted by Crippen LogP contribution is 2.28. The third-order valence-corrected chi connectivity index (χ3v) is 2.90. The van der Waals surface area contributed by atoms with Crippen molar-refractivity contribution >= 4 is 5.69 Å². The van der Waals surface area contributed by atoms with Crippen molar-refractivity contribution < 1.29 is 4.74 Å². The molecule has 15 heavy (non-hydrogen) atoms. The Morgan fingerprint density at radius 2 is 2.00 bits per heavy atom. The van der Waals surface area contributed by atoms with Crippen molar-refractivity contribution in [3.8, 4) is 5.75 Å². The Labute approximate surface area is 91.6 Å². The first kappa shape index (κ1) is 10.3. The van der Waals surface area contributed by atoms with Crippen LogP contribution in [0.3, 0.4) is 0 Å². The zero-order valence-electron chi connectivity index (χ0n) is 9.33. The summed E-state index contributed by atoms with van der Waals surface area (Å²) in [6, 6.07) is 8.85. The van der Waals surface area contributed by atoms with Crippen molar-refractivity contribution in [1.82, 2.24) is 0 Å². The predicted molar refractivity (Wildman–Crippen MR) is 63.5 cm³/mol. The van der Waals surface area contributed by atoms with Crippen molar-refractivity contribution in [2.45, 2.75) is 38.6 Å². The molecule has 1 aromatic rings. The maximum absolute atomic E-state index is 5.58. The molecule has 0 saturated heterocycles. The molecule has 82 valence electrons. The monoisotopic (exact) mass is 205 g/mol. The van der Waals surface area contributed by atoms with Crippen molar-refractivity contribution in [3.63, 3.8) is 0 Å². The van der Waals surface area contributed by atoms with Crippen molar-refractivity contribution in [2.75, 3.05) is 11.9 Å². The number of ether oxygens (including phenoxy) is 1. The van der Waals surface area contributed by atoms with Gasteiger partial charge in [0.15, 0.2) is 0 Å². The van der Waals surface area contributed by atoms with E-state index in [1.807, 2.05) is 19.1 Å². The topological polar surface area (TPSA) is 21.3 Å². The summed E-state index contributed by atoms with van der Waals surface area (Å²) < 4.78 is 5.58. The average molecular weight is 205 g/mol. The Balaban J connectivity index is 2.05. The molecule has 2 rings (SSSR count). The molecule has 0 radical (unpaired) electrons.